The first-order chi connectivity index (χ1) is 11.1. The molecule has 0 amide bonds. The molecule has 0 aromatic heterocycles. The fraction of sp³-hybridized carbons (Fsp3) is 0.0526. The predicted octanol–water partition coefficient (Wildman–Crippen LogP) is 3.06. The van der Waals surface area contributed by atoms with Gasteiger partial charge in [0.25, 0.3) is 0 Å². The number of rotatable bonds is 1. The van der Waals surface area contributed by atoms with Crippen molar-refractivity contribution in [2.45, 2.75) is 6.42 Å². The topological polar surface area (TPSA) is 68.3 Å². The van der Waals surface area contributed by atoms with Gasteiger partial charge in [0.05, 0.1) is 6.42 Å². The molecular formula is C19H10O4. The van der Waals surface area contributed by atoms with Crippen molar-refractivity contribution in [1.82, 2.24) is 0 Å². The van der Waals surface area contributed by atoms with Crippen LogP contribution in [0.5, 0.6) is 0 Å². The molecule has 0 heterocycles. The highest BCUT2D eigenvalue weighted by Gasteiger charge is 2.28. The number of carbonyl (C=O) groups excluding carboxylic acids is 4. The van der Waals surface area contributed by atoms with E-state index in [0.717, 1.165) is 0 Å². The van der Waals surface area contributed by atoms with E-state index in [1.54, 1.807) is 36.4 Å². The molecule has 23 heavy (non-hydrogen) atoms. The maximum Gasteiger partial charge on any atom is 0.187 e. The molecule has 4 rings (SSSR count). The van der Waals surface area contributed by atoms with Gasteiger partial charge in [0, 0.05) is 22.3 Å². The lowest BCUT2D eigenvalue weighted by Gasteiger charge is -2.14. The second-order valence-electron chi connectivity index (χ2n) is 5.57. The van der Waals surface area contributed by atoms with Gasteiger partial charge in [-0.25, -0.2) is 0 Å². The summed E-state index contributed by atoms with van der Waals surface area (Å²) in [5.41, 5.74) is 2.76. The summed E-state index contributed by atoms with van der Waals surface area (Å²) in [5.74, 6) is -0.841. The zero-order valence-electron chi connectivity index (χ0n) is 12.0. The van der Waals surface area contributed by atoms with Crippen LogP contribution in [0.1, 0.15) is 47.9 Å². The van der Waals surface area contributed by atoms with Gasteiger partial charge in [0.1, 0.15) is 0 Å². The molecule has 110 valence electrons. The Balaban J connectivity index is 1.95. The number of carbonyl (C=O) groups is 4. The van der Waals surface area contributed by atoms with Crippen molar-refractivity contribution in [3.8, 4) is 11.1 Å². The SMILES string of the molecule is O=C1CC(=O)c2cc(-c3cccc4c3C(=O)C=CC4=O)ccc21. The third-order valence-corrected chi connectivity index (χ3v) is 4.21. The molecule has 2 aliphatic carbocycles. The predicted molar refractivity (Wildman–Crippen MR) is 83.0 cm³/mol. The van der Waals surface area contributed by atoms with Crippen LogP contribution in [0.4, 0.5) is 0 Å². The van der Waals surface area contributed by atoms with Crippen molar-refractivity contribution in [3.63, 3.8) is 0 Å². The molecule has 0 spiro atoms. The fourth-order valence-corrected chi connectivity index (χ4v) is 3.11. The molecule has 0 N–H and O–H groups in total. The summed E-state index contributed by atoms with van der Waals surface area (Å²) < 4.78 is 0. The molecule has 4 heteroatoms. The molecule has 4 nitrogen and oxygen atoms in total. The van der Waals surface area contributed by atoms with Crippen molar-refractivity contribution in [2.24, 2.45) is 0 Å². The molecule has 2 aliphatic rings. The third-order valence-electron chi connectivity index (χ3n) is 4.21. The van der Waals surface area contributed by atoms with Crippen LogP contribution in [0.2, 0.25) is 0 Å². The van der Waals surface area contributed by atoms with E-state index in [-0.39, 0.29) is 29.6 Å². The van der Waals surface area contributed by atoms with Crippen molar-refractivity contribution < 1.29 is 19.2 Å². The highest BCUT2D eigenvalue weighted by Crippen LogP contribution is 2.33. The standard InChI is InChI=1S/C19H10O4/c20-15-6-7-16(21)19-11(2-1-3-13(15)19)10-4-5-12-14(8-10)18(23)9-17(12)22/h1-8H,9H2. The Bertz CT molecular complexity index is 963. The van der Waals surface area contributed by atoms with Crippen molar-refractivity contribution in [1.29, 1.82) is 0 Å². The smallest absolute Gasteiger partial charge is 0.187 e. The number of ketones is 4. The number of benzene rings is 2. The Kier molecular flexibility index (Phi) is 2.75. The summed E-state index contributed by atoms with van der Waals surface area (Å²) in [5, 5.41) is 0. The zero-order chi connectivity index (χ0) is 16.1. The summed E-state index contributed by atoms with van der Waals surface area (Å²) in [6.45, 7) is 0. The number of fused-ring (bicyclic) bond motifs is 2. The van der Waals surface area contributed by atoms with E-state index in [9.17, 15) is 19.2 Å². The first kappa shape index (κ1) is 13.5. The van der Waals surface area contributed by atoms with Crippen LogP contribution in [-0.2, 0) is 0 Å². The van der Waals surface area contributed by atoms with Gasteiger partial charge in [-0.1, -0.05) is 30.3 Å². The summed E-state index contributed by atoms with van der Waals surface area (Å²) in [4.78, 5) is 47.8. The molecule has 0 saturated carbocycles. The minimum absolute atomic E-state index is 0.105. The molecular weight excluding hydrogens is 292 g/mol. The van der Waals surface area contributed by atoms with E-state index in [2.05, 4.69) is 0 Å². The van der Waals surface area contributed by atoms with E-state index >= 15 is 0 Å². The van der Waals surface area contributed by atoms with Crippen LogP contribution >= 0.6 is 0 Å². The fourth-order valence-electron chi connectivity index (χ4n) is 3.11. The third kappa shape index (κ3) is 1.92. The molecule has 2 aromatic carbocycles. The van der Waals surface area contributed by atoms with Crippen molar-refractivity contribution >= 4 is 23.1 Å². The molecule has 0 fully saturated rings. The van der Waals surface area contributed by atoms with E-state index < -0.39 is 0 Å². The van der Waals surface area contributed by atoms with Crippen LogP contribution in [0.3, 0.4) is 0 Å². The summed E-state index contributed by atoms with van der Waals surface area (Å²) in [7, 11) is 0. The molecule has 0 radical (unpaired) electrons. The molecule has 0 atom stereocenters. The molecule has 0 unspecified atom stereocenters. The second kappa shape index (κ2) is 4.68. The van der Waals surface area contributed by atoms with Crippen molar-refractivity contribution in [3.05, 3.63) is 70.8 Å². The van der Waals surface area contributed by atoms with Crippen LogP contribution in [0.25, 0.3) is 11.1 Å². The number of Topliss-reactive ketones (excluding diaryl/α,β-unsaturated/α-hetero) is 2. The van der Waals surface area contributed by atoms with Gasteiger partial charge >= 0.3 is 0 Å². The summed E-state index contributed by atoms with van der Waals surface area (Å²) >= 11 is 0. The van der Waals surface area contributed by atoms with Crippen molar-refractivity contribution in [2.75, 3.05) is 0 Å². The van der Waals surface area contributed by atoms with Gasteiger partial charge < -0.3 is 0 Å². The largest absolute Gasteiger partial charge is 0.294 e. The van der Waals surface area contributed by atoms with E-state index in [4.69, 9.17) is 0 Å². The van der Waals surface area contributed by atoms with Crippen LogP contribution in [0, 0.1) is 0 Å². The Morgan fingerprint density at radius 2 is 1.35 bits per heavy atom. The molecule has 0 saturated heterocycles. The normalized spacial score (nSPS) is 15.8. The van der Waals surface area contributed by atoms with Gasteiger partial charge in [-0.15, -0.1) is 0 Å². The number of allylic oxidation sites excluding steroid dienone is 2. The lowest BCUT2D eigenvalue weighted by molar-refractivity contribution is 0.0921. The van der Waals surface area contributed by atoms with Gasteiger partial charge in [-0.05, 0) is 29.3 Å². The average molecular weight is 302 g/mol. The minimum Gasteiger partial charge on any atom is -0.294 e. The van der Waals surface area contributed by atoms with E-state index in [1.807, 2.05) is 0 Å². The lowest BCUT2D eigenvalue weighted by atomic mass is 9.87. The first-order valence-electron chi connectivity index (χ1n) is 7.17. The molecule has 0 bridgehead atoms. The Labute approximate surface area is 131 Å². The molecule has 2 aromatic rings. The van der Waals surface area contributed by atoms with Gasteiger partial charge in [-0.3, -0.25) is 19.2 Å². The second-order valence-corrected chi connectivity index (χ2v) is 5.57. The van der Waals surface area contributed by atoms with Gasteiger partial charge in [0.2, 0.25) is 0 Å². The Hall–Kier alpha value is -3.14. The van der Waals surface area contributed by atoms with Crippen LogP contribution in [-0.4, -0.2) is 23.1 Å². The van der Waals surface area contributed by atoms with Crippen LogP contribution in [0.15, 0.2) is 48.6 Å². The maximum absolute atomic E-state index is 12.2. The van der Waals surface area contributed by atoms with Gasteiger partial charge in [0.15, 0.2) is 23.1 Å². The highest BCUT2D eigenvalue weighted by molar-refractivity contribution is 6.26. The Morgan fingerprint density at radius 3 is 2.17 bits per heavy atom. The lowest BCUT2D eigenvalue weighted by Crippen LogP contribution is -2.12. The average Bonchev–Trinajstić information content (AvgIpc) is 2.85. The summed E-state index contributed by atoms with van der Waals surface area (Å²) in [6.07, 6.45) is 2.42. The van der Waals surface area contributed by atoms with E-state index in [0.29, 0.717) is 33.4 Å². The monoisotopic (exact) mass is 302 g/mol. The summed E-state index contributed by atoms with van der Waals surface area (Å²) in [6, 6.07) is 10.0. The van der Waals surface area contributed by atoms with Crippen LogP contribution < -0.4 is 0 Å². The molecule has 0 aliphatic heterocycles. The number of hydrogen-bond acceptors (Lipinski definition) is 4. The number of hydrogen-bond donors (Lipinski definition) is 0. The Morgan fingerprint density at radius 1 is 0.652 bits per heavy atom. The first-order valence-corrected chi connectivity index (χ1v) is 7.17. The zero-order valence-corrected chi connectivity index (χ0v) is 12.0. The van der Waals surface area contributed by atoms with E-state index in [1.165, 1.54) is 12.2 Å². The van der Waals surface area contributed by atoms with Gasteiger partial charge in [-0.2, -0.15) is 0 Å². The highest BCUT2D eigenvalue weighted by atomic mass is 16.2. The minimum atomic E-state index is -0.238. The quantitative estimate of drug-likeness (QED) is 0.759. The maximum atomic E-state index is 12.2.